The second kappa shape index (κ2) is 5.85. The van der Waals surface area contributed by atoms with E-state index in [2.05, 4.69) is 58.6 Å². The van der Waals surface area contributed by atoms with Crippen molar-refractivity contribution >= 4 is 33.4 Å². The van der Waals surface area contributed by atoms with Crippen molar-refractivity contribution in [1.82, 2.24) is 0 Å². The van der Waals surface area contributed by atoms with Gasteiger partial charge in [0.25, 0.3) is 0 Å². The summed E-state index contributed by atoms with van der Waals surface area (Å²) in [5.74, 6) is 0. The first kappa shape index (κ1) is 14.2. The van der Waals surface area contributed by atoms with Crippen molar-refractivity contribution in [3.05, 3.63) is 28.2 Å². The van der Waals surface area contributed by atoms with Crippen LogP contribution in [0.4, 0.5) is 5.69 Å². The van der Waals surface area contributed by atoms with Crippen molar-refractivity contribution in [3.63, 3.8) is 0 Å². The van der Waals surface area contributed by atoms with Crippen LogP contribution in [0.3, 0.4) is 0 Å². The van der Waals surface area contributed by atoms with Crippen molar-refractivity contribution in [3.8, 4) is 0 Å². The van der Waals surface area contributed by atoms with E-state index in [0.717, 1.165) is 23.1 Å². The molecule has 2 nitrogen and oxygen atoms in total. The number of rotatable bonds is 2. The van der Waals surface area contributed by atoms with Gasteiger partial charge in [-0.2, -0.15) is 11.8 Å². The van der Waals surface area contributed by atoms with Gasteiger partial charge in [-0.1, -0.05) is 35.8 Å². The topological polar surface area (TPSA) is 23.5 Å². The molecule has 0 saturated carbocycles. The summed E-state index contributed by atoms with van der Waals surface area (Å²) in [6, 6.07) is 6.25. The molecule has 4 heteroatoms. The van der Waals surface area contributed by atoms with Crippen LogP contribution in [0.25, 0.3) is 0 Å². The Morgan fingerprint density at radius 2 is 1.94 bits per heavy atom. The van der Waals surface area contributed by atoms with Crippen molar-refractivity contribution in [2.24, 2.45) is 0 Å². The van der Waals surface area contributed by atoms with E-state index in [1.807, 2.05) is 6.07 Å². The van der Waals surface area contributed by atoms with E-state index in [-0.39, 0.29) is 0 Å². The average Bonchev–Trinajstić information content (AvgIpc) is 2.26. The van der Waals surface area contributed by atoms with Gasteiger partial charge in [0.05, 0.1) is 6.10 Å². The fraction of sp³-hybridized carbons (Fsp3) is 0.571. The van der Waals surface area contributed by atoms with E-state index in [9.17, 15) is 5.11 Å². The first-order valence-electron chi connectivity index (χ1n) is 6.35. The van der Waals surface area contributed by atoms with Crippen LogP contribution in [-0.2, 0) is 0 Å². The molecule has 2 unspecified atom stereocenters. The van der Waals surface area contributed by atoms with Gasteiger partial charge in [-0.05, 0) is 24.6 Å². The number of hydrogen-bond acceptors (Lipinski definition) is 3. The van der Waals surface area contributed by atoms with Gasteiger partial charge in [0.15, 0.2) is 0 Å². The van der Waals surface area contributed by atoms with Gasteiger partial charge in [-0.25, -0.2) is 0 Å². The SMILES string of the molecule is CC1CN(c2ccc([C@H](C)O)c(Br)c2)CC(C)S1. The van der Waals surface area contributed by atoms with Gasteiger partial charge in [-0.15, -0.1) is 0 Å². The molecule has 0 bridgehead atoms. The normalized spacial score (nSPS) is 26.2. The van der Waals surface area contributed by atoms with E-state index < -0.39 is 6.10 Å². The molecule has 1 saturated heterocycles. The van der Waals surface area contributed by atoms with Crippen molar-refractivity contribution in [1.29, 1.82) is 0 Å². The maximum Gasteiger partial charge on any atom is 0.0772 e. The van der Waals surface area contributed by atoms with E-state index in [0.29, 0.717) is 10.5 Å². The van der Waals surface area contributed by atoms with E-state index in [1.165, 1.54) is 5.69 Å². The molecule has 100 valence electrons. The largest absolute Gasteiger partial charge is 0.389 e. The Hall–Kier alpha value is -0.190. The third-order valence-electron chi connectivity index (χ3n) is 3.22. The molecule has 3 atom stereocenters. The smallest absolute Gasteiger partial charge is 0.0772 e. The standard InChI is InChI=1S/C14H20BrNOS/c1-9-7-16(8-10(2)18-9)12-4-5-13(11(3)17)14(15)6-12/h4-6,9-11,17H,7-8H2,1-3H3/t9?,10?,11-/m0/s1. The van der Waals surface area contributed by atoms with Crippen LogP contribution in [0.2, 0.25) is 0 Å². The highest BCUT2D eigenvalue weighted by Crippen LogP contribution is 2.32. The number of benzene rings is 1. The van der Waals surface area contributed by atoms with Gasteiger partial charge >= 0.3 is 0 Å². The van der Waals surface area contributed by atoms with Gasteiger partial charge in [0.1, 0.15) is 0 Å². The Morgan fingerprint density at radius 1 is 1.33 bits per heavy atom. The molecule has 0 aromatic heterocycles. The summed E-state index contributed by atoms with van der Waals surface area (Å²) in [7, 11) is 0. The minimum atomic E-state index is -0.428. The van der Waals surface area contributed by atoms with Crippen molar-refractivity contribution < 1.29 is 5.11 Å². The van der Waals surface area contributed by atoms with Crippen LogP contribution in [-0.4, -0.2) is 28.7 Å². The summed E-state index contributed by atoms with van der Waals surface area (Å²) in [4.78, 5) is 2.43. The molecule has 0 spiro atoms. The molecule has 0 aliphatic carbocycles. The number of halogens is 1. The Labute approximate surface area is 122 Å². The lowest BCUT2D eigenvalue weighted by atomic mass is 10.1. The van der Waals surface area contributed by atoms with Gasteiger partial charge in [-0.3, -0.25) is 0 Å². The Balaban J connectivity index is 2.21. The Morgan fingerprint density at radius 3 is 2.44 bits per heavy atom. The number of nitrogens with zero attached hydrogens (tertiary/aromatic N) is 1. The highest BCUT2D eigenvalue weighted by atomic mass is 79.9. The summed E-state index contributed by atoms with van der Waals surface area (Å²) in [5.41, 5.74) is 2.19. The fourth-order valence-electron chi connectivity index (χ4n) is 2.44. The zero-order valence-corrected chi connectivity index (χ0v) is 13.5. The zero-order chi connectivity index (χ0) is 13.3. The molecule has 1 aromatic rings. The quantitative estimate of drug-likeness (QED) is 0.891. The zero-order valence-electron chi connectivity index (χ0n) is 11.1. The highest BCUT2D eigenvalue weighted by Gasteiger charge is 2.22. The first-order chi connectivity index (χ1) is 8.47. The molecule has 2 rings (SSSR count). The third kappa shape index (κ3) is 3.22. The second-order valence-corrected chi connectivity index (χ2v) is 7.78. The maximum atomic E-state index is 9.64. The van der Waals surface area contributed by atoms with Crippen LogP contribution in [0, 0.1) is 0 Å². The molecular formula is C14H20BrNOS. The lowest BCUT2D eigenvalue weighted by Crippen LogP contribution is -2.40. The van der Waals surface area contributed by atoms with Crippen LogP contribution in [0.15, 0.2) is 22.7 Å². The molecule has 1 aromatic carbocycles. The molecule has 1 aliphatic heterocycles. The predicted octanol–water partition coefficient (Wildman–Crippen LogP) is 3.83. The number of aliphatic hydroxyl groups excluding tert-OH is 1. The second-order valence-electron chi connectivity index (χ2n) is 5.04. The molecule has 18 heavy (non-hydrogen) atoms. The number of thioether (sulfide) groups is 1. The third-order valence-corrected chi connectivity index (χ3v) is 5.13. The van der Waals surface area contributed by atoms with Crippen LogP contribution >= 0.6 is 27.7 Å². The highest BCUT2D eigenvalue weighted by molar-refractivity contribution is 9.10. The van der Waals surface area contributed by atoms with E-state index in [4.69, 9.17) is 0 Å². The minimum absolute atomic E-state index is 0.428. The first-order valence-corrected chi connectivity index (χ1v) is 8.09. The molecule has 1 fully saturated rings. The van der Waals surface area contributed by atoms with Gasteiger partial charge in [0, 0.05) is 33.7 Å². The Bertz CT molecular complexity index is 414. The van der Waals surface area contributed by atoms with Crippen molar-refractivity contribution in [2.45, 2.75) is 37.4 Å². The molecule has 1 N–H and O–H groups in total. The molecule has 1 heterocycles. The van der Waals surface area contributed by atoms with Gasteiger partial charge in [0.2, 0.25) is 0 Å². The molecular weight excluding hydrogens is 310 g/mol. The van der Waals surface area contributed by atoms with Gasteiger partial charge < -0.3 is 10.0 Å². The monoisotopic (exact) mass is 329 g/mol. The van der Waals surface area contributed by atoms with Crippen LogP contribution < -0.4 is 4.90 Å². The summed E-state index contributed by atoms with van der Waals surface area (Å²) < 4.78 is 0.994. The molecule has 0 amide bonds. The summed E-state index contributed by atoms with van der Waals surface area (Å²) in [5, 5.41) is 11.0. The minimum Gasteiger partial charge on any atom is -0.389 e. The van der Waals surface area contributed by atoms with Crippen molar-refractivity contribution in [2.75, 3.05) is 18.0 Å². The van der Waals surface area contributed by atoms with Crippen LogP contribution in [0.1, 0.15) is 32.4 Å². The average molecular weight is 330 g/mol. The van der Waals surface area contributed by atoms with E-state index >= 15 is 0 Å². The summed E-state index contributed by atoms with van der Waals surface area (Å²) in [6.07, 6.45) is -0.428. The lowest BCUT2D eigenvalue weighted by Gasteiger charge is -2.36. The van der Waals surface area contributed by atoms with Crippen LogP contribution in [0.5, 0.6) is 0 Å². The molecule has 1 aliphatic rings. The Kier molecular flexibility index (Phi) is 4.62. The number of aliphatic hydroxyl groups is 1. The summed E-state index contributed by atoms with van der Waals surface area (Å²) >= 11 is 5.61. The van der Waals surface area contributed by atoms with E-state index in [1.54, 1.807) is 6.92 Å². The predicted molar refractivity (Wildman–Crippen MR) is 83.5 cm³/mol. The fourth-order valence-corrected chi connectivity index (χ4v) is 4.46. The number of hydrogen-bond donors (Lipinski definition) is 1. The summed E-state index contributed by atoms with van der Waals surface area (Å²) in [6.45, 7) is 8.55. The maximum absolute atomic E-state index is 9.64. The number of anilines is 1. The molecule has 0 radical (unpaired) electrons. The lowest BCUT2D eigenvalue weighted by molar-refractivity contribution is 0.198.